The number of fused-ring (bicyclic) bond motifs is 1. The molecule has 6 nitrogen and oxygen atoms in total. The molecule has 1 aromatic rings. The van der Waals surface area contributed by atoms with E-state index >= 15 is 0 Å². The van der Waals surface area contributed by atoms with E-state index in [0.717, 1.165) is 5.69 Å². The Morgan fingerprint density at radius 3 is 2.62 bits per heavy atom. The van der Waals surface area contributed by atoms with E-state index in [1.54, 1.807) is 20.8 Å². The molecule has 0 radical (unpaired) electrons. The highest BCUT2D eigenvalue weighted by Crippen LogP contribution is 2.39. The first-order valence-electron chi connectivity index (χ1n) is 7.21. The van der Waals surface area contributed by atoms with Crippen molar-refractivity contribution in [3.05, 3.63) is 17.0 Å². The van der Waals surface area contributed by atoms with Crippen LogP contribution in [0.5, 0.6) is 0 Å². The average Bonchev–Trinajstić information content (AvgIpc) is 2.78. The van der Waals surface area contributed by atoms with Crippen molar-refractivity contribution in [1.29, 1.82) is 0 Å². The van der Waals surface area contributed by atoms with Gasteiger partial charge in [0.2, 0.25) is 0 Å². The minimum atomic E-state index is -0.813. The monoisotopic (exact) mass is 294 g/mol. The van der Waals surface area contributed by atoms with Crippen molar-refractivity contribution in [3.8, 4) is 0 Å². The van der Waals surface area contributed by atoms with Gasteiger partial charge in [0, 0.05) is 11.3 Å². The quantitative estimate of drug-likeness (QED) is 0.835. The van der Waals surface area contributed by atoms with Crippen LogP contribution >= 0.6 is 0 Å². The van der Waals surface area contributed by atoms with Gasteiger partial charge in [0.05, 0.1) is 5.41 Å². The first kappa shape index (κ1) is 15.5. The predicted octanol–water partition coefficient (Wildman–Crippen LogP) is 2.33. The zero-order valence-corrected chi connectivity index (χ0v) is 12.9. The van der Waals surface area contributed by atoms with Gasteiger partial charge in [-0.2, -0.15) is 5.10 Å². The highest BCUT2D eigenvalue weighted by molar-refractivity contribution is 5.90. The number of nitrogens with zero attached hydrogens (tertiary/aromatic N) is 1. The molecule has 1 aliphatic carbocycles. The van der Waals surface area contributed by atoms with Crippen molar-refractivity contribution in [3.63, 3.8) is 0 Å². The molecule has 1 atom stereocenters. The van der Waals surface area contributed by atoms with Crippen LogP contribution in [0, 0.1) is 5.41 Å². The van der Waals surface area contributed by atoms with Crippen LogP contribution in [0.2, 0.25) is 0 Å². The van der Waals surface area contributed by atoms with Gasteiger partial charge in [0.1, 0.15) is 5.60 Å². The molecule has 0 fully saturated rings. The van der Waals surface area contributed by atoms with E-state index in [1.807, 2.05) is 6.92 Å². The summed E-state index contributed by atoms with van der Waals surface area (Å²) in [5.74, 6) is -1.32. The molecule has 1 aromatic heterocycles. The van der Waals surface area contributed by atoms with Crippen LogP contribution < -0.4 is 0 Å². The largest absolute Gasteiger partial charge is 0.481 e. The van der Waals surface area contributed by atoms with E-state index < -0.39 is 23.0 Å². The highest BCUT2D eigenvalue weighted by Gasteiger charge is 2.42. The average molecular weight is 294 g/mol. The Morgan fingerprint density at radius 2 is 2.10 bits per heavy atom. The molecule has 1 aliphatic rings. The Kier molecular flexibility index (Phi) is 3.82. The number of carboxylic acid groups (broad SMARTS) is 1. The topological polar surface area (TPSA) is 92.3 Å². The summed E-state index contributed by atoms with van der Waals surface area (Å²) in [6.07, 6.45) is 1.99. The number of aromatic nitrogens is 2. The van der Waals surface area contributed by atoms with Gasteiger partial charge >= 0.3 is 11.9 Å². The van der Waals surface area contributed by atoms with Gasteiger partial charge in [-0.1, -0.05) is 6.92 Å². The Balaban J connectivity index is 2.33. The third-order valence-corrected chi connectivity index (χ3v) is 4.04. The van der Waals surface area contributed by atoms with E-state index in [0.29, 0.717) is 31.2 Å². The van der Waals surface area contributed by atoms with Crippen LogP contribution in [-0.4, -0.2) is 32.8 Å². The second-order valence-corrected chi connectivity index (χ2v) is 6.65. The number of ether oxygens (including phenoxy) is 1. The minimum Gasteiger partial charge on any atom is -0.481 e. The molecular formula is C15H22N2O4. The van der Waals surface area contributed by atoms with Gasteiger partial charge in [-0.25, -0.2) is 4.79 Å². The van der Waals surface area contributed by atoms with E-state index in [1.165, 1.54) is 0 Å². The fourth-order valence-corrected chi connectivity index (χ4v) is 2.72. The molecule has 2 N–H and O–H groups in total. The molecule has 2 rings (SSSR count). The highest BCUT2D eigenvalue weighted by atomic mass is 16.6. The number of carbonyl (C=O) groups excluding carboxylic acids is 1. The molecule has 21 heavy (non-hydrogen) atoms. The van der Waals surface area contributed by atoms with Gasteiger partial charge < -0.3 is 9.84 Å². The third kappa shape index (κ3) is 2.94. The lowest BCUT2D eigenvalue weighted by atomic mass is 9.71. The fraction of sp³-hybridized carbons (Fsp3) is 0.667. The maximum atomic E-state index is 12.2. The molecule has 0 aromatic carbocycles. The predicted molar refractivity (Wildman–Crippen MR) is 76.1 cm³/mol. The molecule has 0 bridgehead atoms. The van der Waals surface area contributed by atoms with Crippen molar-refractivity contribution in [2.24, 2.45) is 5.41 Å². The summed E-state index contributed by atoms with van der Waals surface area (Å²) in [4.78, 5) is 23.8. The number of carboxylic acids is 1. The van der Waals surface area contributed by atoms with Crippen molar-refractivity contribution >= 4 is 11.9 Å². The lowest BCUT2D eigenvalue weighted by Gasteiger charge is -2.32. The van der Waals surface area contributed by atoms with Crippen LogP contribution in [0.25, 0.3) is 0 Å². The lowest BCUT2D eigenvalue weighted by Crippen LogP contribution is -2.37. The molecule has 116 valence electrons. The van der Waals surface area contributed by atoms with Crippen LogP contribution in [0.1, 0.15) is 62.3 Å². The first-order valence-corrected chi connectivity index (χ1v) is 7.21. The SMILES string of the molecule is CCC1(C(=O)O)CCc2[nH]nc(C(=O)OC(C)(C)C)c2C1. The number of aromatic amines is 1. The number of carbonyl (C=O) groups is 2. The molecular weight excluding hydrogens is 272 g/mol. The fourth-order valence-electron chi connectivity index (χ4n) is 2.72. The number of nitrogens with one attached hydrogen (secondary N) is 1. The summed E-state index contributed by atoms with van der Waals surface area (Å²) in [6.45, 7) is 7.24. The Bertz CT molecular complexity index is 571. The van der Waals surface area contributed by atoms with E-state index in [4.69, 9.17) is 4.74 Å². The van der Waals surface area contributed by atoms with Crippen LogP contribution in [0.3, 0.4) is 0 Å². The minimum absolute atomic E-state index is 0.221. The van der Waals surface area contributed by atoms with Crippen LogP contribution in [-0.2, 0) is 22.4 Å². The summed E-state index contributed by atoms with van der Waals surface area (Å²) in [7, 11) is 0. The van der Waals surface area contributed by atoms with Gasteiger partial charge in [-0.3, -0.25) is 9.89 Å². The smallest absolute Gasteiger partial charge is 0.359 e. The molecule has 1 unspecified atom stereocenters. The summed E-state index contributed by atoms with van der Waals surface area (Å²) < 4.78 is 5.34. The van der Waals surface area contributed by atoms with Gasteiger partial charge in [-0.05, 0) is 46.5 Å². The molecule has 0 aliphatic heterocycles. The zero-order chi connectivity index (χ0) is 15.8. The number of rotatable bonds is 3. The van der Waals surface area contributed by atoms with Crippen molar-refractivity contribution < 1.29 is 19.4 Å². The van der Waals surface area contributed by atoms with Crippen molar-refractivity contribution in [1.82, 2.24) is 10.2 Å². The van der Waals surface area contributed by atoms with Crippen LogP contribution in [0.4, 0.5) is 0 Å². The zero-order valence-electron chi connectivity index (χ0n) is 12.9. The number of aliphatic carboxylic acids is 1. The summed E-state index contributed by atoms with van der Waals surface area (Å²) >= 11 is 0. The second kappa shape index (κ2) is 5.16. The van der Waals surface area contributed by atoms with Gasteiger partial charge in [0.15, 0.2) is 5.69 Å². The normalized spacial score (nSPS) is 21.7. The third-order valence-electron chi connectivity index (χ3n) is 4.04. The lowest BCUT2D eigenvalue weighted by molar-refractivity contribution is -0.150. The second-order valence-electron chi connectivity index (χ2n) is 6.65. The van der Waals surface area contributed by atoms with Crippen molar-refractivity contribution in [2.45, 2.75) is 59.0 Å². The summed E-state index contributed by atoms with van der Waals surface area (Å²) in [6, 6.07) is 0. The Hall–Kier alpha value is -1.85. The molecule has 6 heteroatoms. The summed E-state index contributed by atoms with van der Waals surface area (Å²) in [5.41, 5.74) is 0.347. The Morgan fingerprint density at radius 1 is 1.43 bits per heavy atom. The molecule has 1 heterocycles. The summed E-state index contributed by atoms with van der Waals surface area (Å²) in [5, 5.41) is 16.4. The Labute approximate surface area is 123 Å². The van der Waals surface area contributed by atoms with E-state index in [-0.39, 0.29) is 5.69 Å². The molecule has 0 amide bonds. The van der Waals surface area contributed by atoms with E-state index in [2.05, 4.69) is 10.2 Å². The van der Waals surface area contributed by atoms with E-state index in [9.17, 15) is 14.7 Å². The van der Waals surface area contributed by atoms with Gasteiger partial charge in [0.25, 0.3) is 0 Å². The number of H-pyrrole nitrogens is 1. The standard InChI is InChI=1S/C15H22N2O4/c1-5-15(13(19)20)7-6-10-9(8-15)11(17-16-10)12(18)21-14(2,3)4/h5-8H2,1-4H3,(H,16,17)(H,19,20). The molecule has 0 saturated heterocycles. The molecule has 0 saturated carbocycles. The maximum Gasteiger partial charge on any atom is 0.359 e. The number of hydrogen-bond acceptors (Lipinski definition) is 4. The van der Waals surface area contributed by atoms with Gasteiger partial charge in [-0.15, -0.1) is 0 Å². The number of aryl methyl sites for hydroxylation is 1. The number of hydrogen-bond donors (Lipinski definition) is 2. The first-order chi connectivity index (χ1) is 9.68. The number of esters is 1. The molecule has 0 spiro atoms. The van der Waals surface area contributed by atoms with Crippen LogP contribution in [0.15, 0.2) is 0 Å². The maximum absolute atomic E-state index is 12.2. The van der Waals surface area contributed by atoms with Crippen molar-refractivity contribution in [2.75, 3.05) is 0 Å².